The molecule has 0 saturated carbocycles. The number of nitrogens with zero attached hydrogens (tertiary/aromatic N) is 1. The molecule has 0 spiro atoms. The first-order valence-corrected chi connectivity index (χ1v) is 8.19. The van der Waals surface area contributed by atoms with Gasteiger partial charge in [-0.15, -0.1) is 0 Å². The smallest absolute Gasteiger partial charge is 0.410 e. The lowest BCUT2D eigenvalue weighted by Gasteiger charge is -2.29. The molecule has 0 aromatic rings. The predicted molar refractivity (Wildman–Crippen MR) is 82.5 cm³/mol. The van der Waals surface area contributed by atoms with Crippen molar-refractivity contribution in [2.75, 3.05) is 13.2 Å². The molecular formula is C16H28N2O4. The molecule has 0 aromatic heterocycles. The molecule has 0 aliphatic carbocycles. The third-order valence-corrected chi connectivity index (χ3v) is 4.08. The number of hydrogen-bond donors (Lipinski definition) is 1. The molecule has 6 nitrogen and oxygen atoms in total. The van der Waals surface area contributed by atoms with Gasteiger partial charge in [0.25, 0.3) is 0 Å². The zero-order valence-corrected chi connectivity index (χ0v) is 14.1. The fourth-order valence-electron chi connectivity index (χ4n) is 2.99. The number of ether oxygens (including phenoxy) is 2. The van der Waals surface area contributed by atoms with Crippen molar-refractivity contribution in [3.05, 3.63) is 0 Å². The Kier molecular flexibility index (Phi) is 5.32. The van der Waals surface area contributed by atoms with E-state index in [4.69, 9.17) is 9.47 Å². The van der Waals surface area contributed by atoms with Gasteiger partial charge in [0.2, 0.25) is 5.91 Å². The van der Waals surface area contributed by atoms with Crippen molar-refractivity contribution in [3.8, 4) is 0 Å². The van der Waals surface area contributed by atoms with E-state index >= 15 is 0 Å². The summed E-state index contributed by atoms with van der Waals surface area (Å²) < 4.78 is 11.0. The van der Waals surface area contributed by atoms with E-state index in [2.05, 4.69) is 5.32 Å². The quantitative estimate of drug-likeness (QED) is 0.866. The van der Waals surface area contributed by atoms with E-state index in [1.165, 1.54) is 0 Å². The Morgan fingerprint density at radius 3 is 2.59 bits per heavy atom. The molecule has 2 aliphatic heterocycles. The van der Waals surface area contributed by atoms with Gasteiger partial charge in [0.1, 0.15) is 11.6 Å². The Labute approximate surface area is 132 Å². The van der Waals surface area contributed by atoms with Gasteiger partial charge in [0, 0.05) is 13.2 Å². The summed E-state index contributed by atoms with van der Waals surface area (Å²) in [5.41, 5.74) is -0.550. The lowest BCUT2D eigenvalue weighted by Crippen LogP contribution is -2.51. The Hall–Kier alpha value is -1.30. The van der Waals surface area contributed by atoms with Gasteiger partial charge in [-0.25, -0.2) is 4.79 Å². The molecule has 22 heavy (non-hydrogen) atoms. The van der Waals surface area contributed by atoms with E-state index in [9.17, 15) is 9.59 Å². The number of carbonyl (C=O) groups is 2. The fraction of sp³-hybridized carbons (Fsp3) is 0.875. The Balaban J connectivity index is 1.91. The zero-order valence-electron chi connectivity index (χ0n) is 14.1. The third kappa shape index (κ3) is 4.35. The summed E-state index contributed by atoms with van der Waals surface area (Å²) in [5.74, 6) is -0.105. The Morgan fingerprint density at radius 2 is 2.00 bits per heavy atom. The topological polar surface area (TPSA) is 67.9 Å². The highest BCUT2D eigenvalue weighted by Gasteiger charge is 2.37. The molecule has 2 fully saturated rings. The van der Waals surface area contributed by atoms with Gasteiger partial charge < -0.3 is 14.8 Å². The van der Waals surface area contributed by atoms with Crippen molar-refractivity contribution >= 4 is 12.0 Å². The monoisotopic (exact) mass is 312 g/mol. The summed E-state index contributed by atoms with van der Waals surface area (Å²) >= 11 is 0. The van der Waals surface area contributed by atoms with Crippen LogP contribution in [0.15, 0.2) is 0 Å². The highest BCUT2D eigenvalue weighted by Crippen LogP contribution is 2.22. The van der Waals surface area contributed by atoms with E-state index in [1.807, 2.05) is 27.7 Å². The van der Waals surface area contributed by atoms with Crippen LogP contribution in [0.2, 0.25) is 0 Å². The average molecular weight is 312 g/mol. The molecule has 126 valence electrons. The molecule has 0 unspecified atom stereocenters. The van der Waals surface area contributed by atoms with Crippen LogP contribution < -0.4 is 5.32 Å². The van der Waals surface area contributed by atoms with E-state index < -0.39 is 17.7 Å². The molecule has 3 atom stereocenters. The van der Waals surface area contributed by atoms with Crippen molar-refractivity contribution in [1.29, 1.82) is 0 Å². The summed E-state index contributed by atoms with van der Waals surface area (Å²) in [6.45, 7) is 8.78. The minimum Gasteiger partial charge on any atom is -0.444 e. The van der Waals surface area contributed by atoms with Crippen LogP contribution in [0.25, 0.3) is 0 Å². The Bertz CT molecular complexity index is 413. The number of amides is 2. The Morgan fingerprint density at radius 1 is 1.27 bits per heavy atom. The molecule has 2 saturated heterocycles. The second kappa shape index (κ2) is 6.86. The van der Waals surface area contributed by atoms with Crippen LogP contribution in [0.4, 0.5) is 4.79 Å². The average Bonchev–Trinajstić information content (AvgIpc) is 3.08. The molecule has 2 aliphatic rings. The van der Waals surface area contributed by atoms with Gasteiger partial charge >= 0.3 is 6.09 Å². The second-order valence-corrected chi connectivity index (χ2v) is 7.18. The first-order valence-electron chi connectivity index (χ1n) is 8.19. The molecule has 2 amide bonds. The maximum atomic E-state index is 12.5. The van der Waals surface area contributed by atoms with Gasteiger partial charge in [0.15, 0.2) is 0 Å². The maximum absolute atomic E-state index is 12.5. The number of likely N-dealkylation sites (tertiary alicyclic amines) is 1. The molecule has 2 heterocycles. The first kappa shape index (κ1) is 17.1. The van der Waals surface area contributed by atoms with Crippen LogP contribution >= 0.6 is 0 Å². The summed E-state index contributed by atoms with van der Waals surface area (Å²) in [4.78, 5) is 26.2. The van der Waals surface area contributed by atoms with Crippen molar-refractivity contribution in [2.24, 2.45) is 0 Å². The van der Waals surface area contributed by atoms with E-state index in [-0.39, 0.29) is 18.1 Å². The minimum absolute atomic E-state index is 0.0314. The van der Waals surface area contributed by atoms with Crippen molar-refractivity contribution < 1.29 is 19.1 Å². The van der Waals surface area contributed by atoms with Crippen LogP contribution in [-0.2, 0) is 14.3 Å². The molecule has 6 heteroatoms. The van der Waals surface area contributed by atoms with Crippen LogP contribution in [0.3, 0.4) is 0 Å². The summed E-state index contributed by atoms with van der Waals surface area (Å²) in [6, 6.07) is -0.463. The van der Waals surface area contributed by atoms with Gasteiger partial charge in [-0.1, -0.05) is 0 Å². The van der Waals surface area contributed by atoms with Gasteiger partial charge in [-0.2, -0.15) is 0 Å². The number of nitrogens with one attached hydrogen (secondary N) is 1. The summed E-state index contributed by atoms with van der Waals surface area (Å²) in [7, 11) is 0. The number of rotatable bonds is 3. The molecule has 2 rings (SSSR count). The molecule has 0 aromatic carbocycles. The molecular weight excluding hydrogens is 284 g/mol. The van der Waals surface area contributed by atoms with Gasteiger partial charge in [-0.05, 0) is 53.4 Å². The SMILES string of the molecule is C[C@H](NC(=O)[C@@H]1CCCN1C(=O)OC(C)(C)C)[C@H]1CCCO1. The number of carbonyl (C=O) groups excluding carboxylic acids is 2. The fourth-order valence-corrected chi connectivity index (χ4v) is 2.99. The van der Waals surface area contributed by atoms with E-state index in [1.54, 1.807) is 4.90 Å². The van der Waals surface area contributed by atoms with Crippen LogP contribution in [0.5, 0.6) is 0 Å². The lowest BCUT2D eigenvalue weighted by atomic mass is 10.1. The van der Waals surface area contributed by atoms with Crippen molar-refractivity contribution in [3.63, 3.8) is 0 Å². The summed E-state index contributed by atoms with van der Waals surface area (Å²) in [6.07, 6.45) is 3.20. The van der Waals surface area contributed by atoms with E-state index in [0.717, 1.165) is 25.9 Å². The molecule has 1 N–H and O–H groups in total. The van der Waals surface area contributed by atoms with Gasteiger partial charge in [0.05, 0.1) is 12.1 Å². The third-order valence-electron chi connectivity index (χ3n) is 4.08. The highest BCUT2D eigenvalue weighted by atomic mass is 16.6. The standard InChI is InChI=1S/C16H28N2O4/c1-11(13-8-6-10-21-13)17-14(19)12-7-5-9-18(12)15(20)22-16(2,3)4/h11-13H,5-10H2,1-4H3,(H,17,19)/t11-,12-,13+/m0/s1. The maximum Gasteiger partial charge on any atom is 0.410 e. The first-order chi connectivity index (χ1) is 10.3. The van der Waals surface area contributed by atoms with Crippen LogP contribution in [-0.4, -0.2) is 53.8 Å². The van der Waals surface area contributed by atoms with Crippen LogP contribution in [0, 0.1) is 0 Å². The summed E-state index contributed by atoms with van der Waals surface area (Å²) in [5, 5.41) is 3.00. The van der Waals surface area contributed by atoms with Crippen molar-refractivity contribution in [1.82, 2.24) is 10.2 Å². The number of hydrogen-bond acceptors (Lipinski definition) is 4. The predicted octanol–water partition coefficient (Wildman–Crippen LogP) is 2.07. The minimum atomic E-state index is -0.550. The molecule has 0 radical (unpaired) electrons. The molecule has 0 bridgehead atoms. The zero-order chi connectivity index (χ0) is 16.3. The highest BCUT2D eigenvalue weighted by molar-refractivity contribution is 5.86. The van der Waals surface area contributed by atoms with Crippen molar-refractivity contribution in [2.45, 2.75) is 77.2 Å². The normalized spacial score (nSPS) is 26.8. The second-order valence-electron chi connectivity index (χ2n) is 7.18. The largest absolute Gasteiger partial charge is 0.444 e. The lowest BCUT2D eigenvalue weighted by molar-refractivity contribution is -0.127. The van der Waals surface area contributed by atoms with Gasteiger partial charge in [-0.3, -0.25) is 9.69 Å². The van der Waals surface area contributed by atoms with E-state index in [0.29, 0.717) is 13.0 Å². The van der Waals surface area contributed by atoms with Crippen LogP contribution in [0.1, 0.15) is 53.4 Å².